The van der Waals surface area contributed by atoms with E-state index in [2.05, 4.69) is 26.6 Å². The van der Waals surface area contributed by atoms with Gasteiger partial charge in [0.05, 0.1) is 24.8 Å². The molecule has 1 aliphatic rings. The van der Waals surface area contributed by atoms with E-state index in [9.17, 15) is 9.59 Å². The van der Waals surface area contributed by atoms with E-state index in [4.69, 9.17) is 9.47 Å². The van der Waals surface area contributed by atoms with Crippen molar-refractivity contribution in [2.45, 2.75) is 45.8 Å². The molecule has 0 spiro atoms. The minimum absolute atomic E-state index is 0.259. The standard InChI is InChI=1S/C18H23BrN2O4/c1-5-6-13-15(17(22)25-10(2)3)16(21-18(23)20-13)12-9-11(19)7-8-14(12)24-4/h7-10,16H,5-6H2,1-4H3,(H2,20,21,23). The van der Waals surface area contributed by atoms with Crippen molar-refractivity contribution in [2.75, 3.05) is 7.11 Å². The molecule has 1 atom stereocenters. The summed E-state index contributed by atoms with van der Waals surface area (Å²) in [5.41, 5.74) is 1.69. The van der Waals surface area contributed by atoms with Gasteiger partial charge >= 0.3 is 12.0 Å². The summed E-state index contributed by atoms with van der Waals surface area (Å²) < 4.78 is 11.7. The van der Waals surface area contributed by atoms with Crippen LogP contribution in [-0.2, 0) is 9.53 Å². The van der Waals surface area contributed by atoms with Crippen molar-refractivity contribution in [1.29, 1.82) is 0 Å². The Morgan fingerprint density at radius 3 is 2.68 bits per heavy atom. The summed E-state index contributed by atoms with van der Waals surface area (Å²) in [6.07, 6.45) is 1.10. The molecule has 0 aromatic heterocycles. The minimum atomic E-state index is -0.644. The maximum atomic E-state index is 12.7. The smallest absolute Gasteiger partial charge is 0.338 e. The first kappa shape index (κ1) is 19.3. The third-order valence-corrected chi connectivity index (χ3v) is 4.21. The second-order valence-corrected chi connectivity index (χ2v) is 6.93. The highest BCUT2D eigenvalue weighted by molar-refractivity contribution is 9.10. The number of carbonyl (C=O) groups excluding carboxylic acids is 2. The van der Waals surface area contributed by atoms with Gasteiger partial charge in [-0.05, 0) is 38.5 Å². The Labute approximate surface area is 156 Å². The SMILES string of the molecule is CCCC1=C(C(=O)OC(C)C)C(c2cc(Br)ccc2OC)NC(=O)N1. The molecule has 0 fully saturated rings. The van der Waals surface area contributed by atoms with Crippen molar-refractivity contribution >= 4 is 27.9 Å². The molecule has 25 heavy (non-hydrogen) atoms. The fourth-order valence-corrected chi connectivity index (χ4v) is 3.13. The van der Waals surface area contributed by atoms with Crippen LogP contribution < -0.4 is 15.4 Å². The number of rotatable bonds is 6. The van der Waals surface area contributed by atoms with Crippen LogP contribution in [0.15, 0.2) is 33.9 Å². The van der Waals surface area contributed by atoms with Gasteiger partial charge in [-0.2, -0.15) is 0 Å². The van der Waals surface area contributed by atoms with Crippen molar-refractivity contribution in [3.63, 3.8) is 0 Å². The number of halogens is 1. The third-order valence-electron chi connectivity index (χ3n) is 3.72. The summed E-state index contributed by atoms with van der Waals surface area (Å²) in [5, 5.41) is 5.57. The minimum Gasteiger partial charge on any atom is -0.496 e. The summed E-state index contributed by atoms with van der Waals surface area (Å²) in [7, 11) is 1.55. The number of ether oxygens (including phenoxy) is 2. The fraction of sp³-hybridized carbons (Fsp3) is 0.444. The number of esters is 1. The van der Waals surface area contributed by atoms with E-state index >= 15 is 0 Å². The summed E-state index contributed by atoms with van der Waals surface area (Å²) in [4.78, 5) is 24.9. The first-order valence-corrected chi connectivity index (χ1v) is 9.01. The van der Waals surface area contributed by atoms with Gasteiger partial charge in [0.15, 0.2) is 0 Å². The van der Waals surface area contributed by atoms with Crippen LogP contribution in [0.25, 0.3) is 0 Å². The number of urea groups is 1. The van der Waals surface area contributed by atoms with Crippen LogP contribution in [-0.4, -0.2) is 25.2 Å². The molecule has 7 heteroatoms. The number of nitrogens with one attached hydrogen (secondary N) is 2. The number of methoxy groups -OCH3 is 1. The quantitative estimate of drug-likeness (QED) is 0.698. The monoisotopic (exact) mass is 410 g/mol. The number of amides is 2. The molecule has 1 aromatic carbocycles. The zero-order valence-electron chi connectivity index (χ0n) is 14.8. The molecule has 1 heterocycles. The van der Waals surface area contributed by atoms with E-state index in [1.165, 1.54) is 0 Å². The molecule has 0 radical (unpaired) electrons. The van der Waals surface area contributed by atoms with E-state index in [1.807, 2.05) is 19.1 Å². The van der Waals surface area contributed by atoms with E-state index in [-0.39, 0.29) is 12.1 Å². The lowest BCUT2D eigenvalue weighted by Gasteiger charge is -2.30. The molecule has 1 aliphatic heterocycles. The maximum Gasteiger partial charge on any atom is 0.338 e. The van der Waals surface area contributed by atoms with Gasteiger partial charge in [-0.3, -0.25) is 0 Å². The number of hydrogen-bond acceptors (Lipinski definition) is 4. The highest BCUT2D eigenvalue weighted by Gasteiger charge is 2.35. The van der Waals surface area contributed by atoms with Gasteiger partial charge in [-0.1, -0.05) is 29.3 Å². The van der Waals surface area contributed by atoms with Crippen molar-refractivity contribution < 1.29 is 19.1 Å². The Hall–Kier alpha value is -2.02. The lowest BCUT2D eigenvalue weighted by molar-refractivity contribution is -0.143. The van der Waals surface area contributed by atoms with Crippen LogP contribution in [0, 0.1) is 0 Å². The summed E-state index contributed by atoms with van der Waals surface area (Å²) in [5.74, 6) is 0.138. The highest BCUT2D eigenvalue weighted by Crippen LogP contribution is 2.36. The lowest BCUT2D eigenvalue weighted by atomic mass is 9.93. The van der Waals surface area contributed by atoms with Gasteiger partial charge in [-0.25, -0.2) is 9.59 Å². The zero-order valence-corrected chi connectivity index (χ0v) is 16.4. The predicted octanol–water partition coefficient (Wildman–Crippen LogP) is 3.82. The molecule has 6 nitrogen and oxygen atoms in total. The molecular weight excluding hydrogens is 388 g/mol. The van der Waals surface area contributed by atoms with Crippen molar-refractivity contribution in [1.82, 2.24) is 10.6 Å². The van der Waals surface area contributed by atoms with E-state index < -0.39 is 12.0 Å². The Morgan fingerprint density at radius 2 is 2.08 bits per heavy atom. The van der Waals surface area contributed by atoms with Gasteiger partial charge in [0.25, 0.3) is 0 Å². The van der Waals surface area contributed by atoms with Crippen molar-refractivity contribution in [3.05, 3.63) is 39.5 Å². The van der Waals surface area contributed by atoms with Gasteiger partial charge < -0.3 is 20.1 Å². The zero-order chi connectivity index (χ0) is 18.6. The summed E-state index contributed by atoms with van der Waals surface area (Å²) in [6, 6.07) is 4.47. The van der Waals surface area contributed by atoms with Gasteiger partial charge in [0, 0.05) is 15.7 Å². The molecule has 1 aromatic rings. The Kier molecular flexibility index (Phi) is 6.47. The van der Waals surface area contributed by atoms with Crippen LogP contribution in [0.5, 0.6) is 5.75 Å². The summed E-state index contributed by atoms with van der Waals surface area (Å²) in [6.45, 7) is 5.57. The van der Waals surface area contributed by atoms with Gasteiger partial charge in [-0.15, -0.1) is 0 Å². The fourth-order valence-electron chi connectivity index (χ4n) is 2.75. The first-order valence-electron chi connectivity index (χ1n) is 8.22. The number of carbonyl (C=O) groups is 2. The molecule has 2 rings (SSSR count). The Morgan fingerprint density at radius 1 is 1.36 bits per heavy atom. The first-order chi connectivity index (χ1) is 11.9. The Balaban J connectivity index is 2.59. The molecule has 0 saturated heterocycles. The van der Waals surface area contributed by atoms with Crippen LogP contribution in [0.2, 0.25) is 0 Å². The Bertz CT molecular complexity index is 700. The normalized spacial score (nSPS) is 17.2. The summed E-state index contributed by atoms with van der Waals surface area (Å²) >= 11 is 3.43. The third kappa shape index (κ3) is 4.54. The number of allylic oxidation sites excluding steroid dienone is 1. The lowest BCUT2D eigenvalue weighted by Crippen LogP contribution is -2.46. The van der Waals surface area contributed by atoms with Crippen molar-refractivity contribution in [2.24, 2.45) is 0 Å². The second kappa shape index (κ2) is 8.38. The average molecular weight is 411 g/mol. The van der Waals surface area contributed by atoms with Crippen LogP contribution in [0.4, 0.5) is 4.79 Å². The molecule has 0 bridgehead atoms. The average Bonchev–Trinajstić information content (AvgIpc) is 2.53. The van der Waals surface area contributed by atoms with Crippen LogP contribution in [0.1, 0.15) is 45.2 Å². The second-order valence-electron chi connectivity index (χ2n) is 6.01. The number of benzene rings is 1. The molecule has 2 N–H and O–H groups in total. The molecule has 136 valence electrons. The van der Waals surface area contributed by atoms with Gasteiger partial charge in [0.2, 0.25) is 0 Å². The molecule has 0 aliphatic carbocycles. The van der Waals surface area contributed by atoms with Gasteiger partial charge in [0.1, 0.15) is 5.75 Å². The molecular formula is C18H23BrN2O4. The molecule has 2 amide bonds. The molecule has 0 saturated carbocycles. The van der Waals surface area contributed by atoms with E-state index in [1.54, 1.807) is 27.0 Å². The predicted molar refractivity (Wildman–Crippen MR) is 98.3 cm³/mol. The van der Waals surface area contributed by atoms with E-state index in [0.717, 1.165) is 10.9 Å². The van der Waals surface area contributed by atoms with Crippen LogP contribution in [0.3, 0.4) is 0 Å². The largest absolute Gasteiger partial charge is 0.496 e. The molecule has 1 unspecified atom stereocenters. The number of hydrogen-bond donors (Lipinski definition) is 2. The van der Waals surface area contributed by atoms with E-state index in [0.29, 0.717) is 29.0 Å². The maximum absolute atomic E-state index is 12.7. The topological polar surface area (TPSA) is 76.7 Å². The highest BCUT2D eigenvalue weighted by atomic mass is 79.9. The van der Waals surface area contributed by atoms with Crippen molar-refractivity contribution in [3.8, 4) is 5.75 Å². The van der Waals surface area contributed by atoms with Crippen LogP contribution >= 0.6 is 15.9 Å².